The van der Waals surface area contributed by atoms with Crippen molar-refractivity contribution < 1.29 is 14.3 Å². The summed E-state index contributed by atoms with van der Waals surface area (Å²) in [5.41, 5.74) is 9.31. The lowest BCUT2D eigenvalue weighted by Crippen LogP contribution is -2.23. The number of nitrogens with one attached hydrogen (secondary N) is 1. The van der Waals surface area contributed by atoms with Gasteiger partial charge in [0.25, 0.3) is 5.91 Å². The SMILES string of the molecule is Nc1scc(-c2ccc3c(c2)OCCO3)c1C(=O)NCc1ccccc1. The lowest BCUT2D eigenvalue weighted by molar-refractivity contribution is 0.0953. The Morgan fingerprint density at radius 2 is 1.85 bits per heavy atom. The Hall–Kier alpha value is -2.99. The van der Waals surface area contributed by atoms with Gasteiger partial charge in [-0.15, -0.1) is 11.3 Å². The first-order valence-corrected chi connectivity index (χ1v) is 9.19. The van der Waals surface area contributed by atoms with E-state index in [1.165, 1.54) is 11.3 Å². The van der Waals surface area contributed by atoms with Crippen molar-refractivity contribution in [2.75, 3.05) is 18.9 Å². The maximum atomic E-state index is 12.7. The molecule has 1 aliphatic rings. The molecule has 0 radical (unpaired) electrons. The highest BCUT2D eigenvalue weighted by molar-refractivity contribution is 7.15. The van der Waals surface area contributed by atoms with Crippen molar-refractivity contribution in [1.82, 2.24) is 5.32 Å². The molecule has 6 heteroatoms. The van der Waals surface area contributed by atoms with Gasteiger partial charge in [0, 0.05) is 17.5 Å². The lowest BCUT2D eigenvalue weighted by atomic mass is 10.0. The fraction of sp³-hybridized carbons (Fsp3) is 0.150. The summed E-state index contributed by atoms with van der Waals surface area (Å²) in [7, 11) is 0. The minimum atomic E-state index is -0.183. The number of ether oxygens (including phenoxy) is 2. The molecule has 0 saturated heterocycles. The highest BCUT2D eigenvalue weighted by Crippen LogP contribution is 2.39. The Bertz CT molecular complexity index is 937. The summed E-state index contributed by atoms with van der Waals surface area (Å²) >= 11 is 1.36. The molecule has 0 aliphatic carbocycles. The monoisotopic (exact) mass is 366 g/mol. The van der Waals surface area contributed by atoms with Gasteiger partial charge >= 0.3 is 0 Å². The number of anilines is 1. The summed E-state index contributed by atoms with van der Waals surface area (Å²) in [5.74, 6) is 1.23. The van der Waals surface area contributed by atoms with Gasteiger partial charge in [0.15, 0.2) is 11.5 Å². The van der Waals surface area contributed by atoms with E-state index in [9.17, 15) is 4.79 Å². The number of carbonyl (C=O) groups is 1. The summed E-state index contributed by atoms with van der Waals surface area (Å²) in [6, 6.07) is 15.5. The third-order valence-corrected chi connectivity index (χ3v) is 5.01. The Morgan fingerprint density at radius 3 is 2.65 bits per heavy atom. The summed E-state index contributed by atoms with van der Waals surface area (Å²) in [6.45, 7) is 1.52. The van der Waals surface area contributed by atoms with Crippen LogP contribution in [0.25, 0.3) is 11.1 Å². The van der Waals surface area contributed by atoms with E-state index in [2.05, 4.69) is 5.32 Å². The lowest BCUT2D eigenvalue weighted by Gasteiger charge is -2.19. The number of amides is 1. The van der Waals surface area contributed by atoms with Crippen LogP contribution in [0.1, 0.15) is 15.9 Å². The van der Waals surface area contributed by atoms with Crippen LogP contribution in [0.3, 0.4) is 0 Å². The van der Waals surface area contributed by atoms with E-state index in [0.717, 1.165) is 22.4 Å². The summed E-state index contributed by atoms with van der Waals surface area (Å²) in [5, 5.41) is 5.35. The first-order valence-electron chi connectivity index (χ1n) is 8.31. The van der Waals surface area contributed by atoms with Crippen LogP contribution in [-0.4, -0.2) is 19.1 Å². The molecule has 0 unspecified atom stereocenters. The molecule has 2 aromatic carbocycles. The van der Waals surface area contributed by atoms with E-state index in [4.69, 9.17) is 15.2 Å². The molecule has 2 heterocycles. The smallest absolute Gasteiger partial charge is 0.255 e. The van der Waals surface area contributed by atoms with Crippen molar-refractivity contribution in [2.24, 2.45) is 0 Å². The third kappa shape index (κ3) is 3.23. The molecule has 26 heavy (non-hydrogen) atoms. The first-order chi connectivity index (χ1) is 12.7. The number of hydrogen-bond acceptors (Lipinski definition) is 5. The zero-order valence-corrected chi connectivity index (χ0v) is 14.8. The number of nitrogens with two attached hydrogens (primary N) is 1. The molecule has 1 amide bonds. The number of hydrogen-bond donors (Lipinski definition) is 2. The Kier molecular flexibility index (Phi) is 4.50. The van der Waals surface area contributed by atoms with Gasteiger partial charge in [-0.25, -0.2) is 0 Å². The van der Waals surface area contributed by atoms with Gasteiger partial charge in [-0.2, -0.15) is 0 Å². The normalized spacial score (nSPS) is 12.6. The molecule has 0 spiro atoms. The molecular weight excluding hydrogens is 348 g/mol. The van der Waals surface area contributed by atoms with Crippen molar-refractivity contribution in [2.45, 2.75) is 6.54 Å². The minimum absolute atomic E-state index is 0.183. The zero-order valence-electron chi connectivity index (χ0n) is 14.0. The van der Waals surface area contributed by atoms with Gasteiger partial charge < -0.3 is 20.5 Å². The molecule has 0 atom stereocenters. The molecule has 4 rings (SSSR count). The van der Waals surface area contributed by atoms with Crippen LogP contribution in [0, 0.1) is 0 Å². The number of fused-ring (bicyclic) bond motifs is 1. The van der Waals surface area contributed by atoms with Crippen LogP contribution in [0.5, 0.6) is 11.5 Å². The van der Waals surface area contributed by atoms with E-state index in [1.54, 1.807) is 0 Å². The Morgan fingerprint density at radius 1 is 1.08 bits per heavy atom. The number of benzene rings is 2. The van der Waals surface area contributed by atoms with Crippen LogP contribution >= 0.6 is 11.3 Å². The van der Waals surface area contributed by atoms with Gasteiger partial charge in [-0.1, -0.05) is 36.4 Å². The van der Waals surface area contributed by atoms with Crippen molar-refractivity contribution in [3.05, 3.63) is 65.0 Å². The van der Waals surface area contributed by atoms with E-state index >= 15 is 0 Å². The second-order valence-corrected chi connectivity index (χ2v) is 6.83. The fourth-order valence-corrected chi connectivity index (χ4v) is 3.72. The Balaban J connectivity index is 1.60. The average molecular weight is 366 g/mol. The van der Waals surface area contributed by atoms with Crippen LogP contribution < -0.4 is 20.5 Å². The fourth-order valence-electron chi connectivity index (χ4n) is 2.90. The van der Waals surface area contributed by atoms with Gasteiger partial charge in [0.05, 0.1) is 10.6 Å². The summed E-state index contributed by atoms with van der Waals surface area (Å²) in [6.07, 6.45) is 0. The van der Waals surface area contributed by atoms with E-state index in [0.29, 0.717) is 36.1 Å². The second-order valence-electron chi connectivity index (χ2n) is 5.92. The van der Waals surface area contributed by atoms with Crippen molar-refractivity contribution in [1.29, 1.82) is 0 Å². The van der Waals surface area contributed by atoms with Crippen LogP contribution in [-0.2, 0) is 6.54 Å². The zero-order chi connectivity index (χ0) is 17.9. The molecule has 132 valence electrons. The van der Waals surface area contributed by atoms with Crippen LogP contribution in [0.2, 0.25) is 0 Å². The molecule has 0 fully saturated rings. The molecular formula is C20H18N2O3S. The van der Waals surface area contributed by atoms with Crippen molar-refractivity contribution in [3.63, 3.8) is 0 Å². The topological polar surface area (TPSA) is 73.6 Å². The minimum Gasteiger partial charge on any atom is -0.486 e. The van der Waals surface area contributed by atoms with Gasteiger partial charge in [-0.05, 0) is 23.3 Å². The van der Waals surface area contributed by atoms with E-state index < -0.39 is 0 Å². The second kappa shape index (κ2) is 7.09. The maximum absolute atomic E-state index is 12.7. The Labute approximate surface area is 155 Å². The molecule has 5 nitrogen and oxygen atoms in total. The standard InChI is InChI=1S/C20H18N2O3S/c21-19-18(20(23)22-11-13-4-2-1-3-5-13)15(12-26-19)14-6-7-16-17(10-14)25-9-8-24-16/h1-7,10,12H,8-9,11,21H2,(H,22,23). The summed E-state index contributed by atoms with van der Waals surface area (Å²) in [4.78, 5) is 12.7. The maximum Gasteiger partial charge on any atom is 0.255 e. The highest BCUT2D eigenvalue weighted by Gasteiger charge is 2.20. The van der Waals surface area contributed by atoms with Crippen LogP contribution in [0.15, 0.2) is 53.9 Å². The molecule has 3 N–H and O–H groups in total. The number of thiophene rings is 1. The molecule has 0 saturated carbocycles. The first kappa shape index (κ1) is 16.5. The molecule has 0 bridgehead atoms. The van der Waals surface area contributed by atoms with E-state index in [1.807, 2.05) is 53.9 Å². The van der Waals surface area contributed by atoms with Gasteiger partial charge in [-0.3, -0.25) is 4.79 Å². The average Bonchev–Trinajstić information content (AvgIpc) is 3.08. The predicted molar refractivity (Wildman–Crippen MR) is 103 cm³/mol. The van der Waals surface area contributed by atoms with Crippen molar-refractivity contribution in [3.8, 4) is 22.6 Å². The largest absolute Gasteiger partial charge is 0.486 e. The summed E-state index contributed by atoms with van der Waals surface area (Å²) < 4.78 is 11.2. The number of carbonyl (C=O) groups excluding carboxylic acids is 1. The molecule has 1 aliphatic heterocycles. The highest BCUT2D eigenvalue weighted by atomic mass is 32.1. The van der Waals surface area contributed by atoms with Crippen molar-refractivity contribution >= 4 is 22.2 Å². The number of nitrogen functional groups attached to an aromatic ring is 1. The van der Waals surface area contributed by atoms with Gasteiger partial charge in [0.2, 0.25) is 0 Å². The quantitative estimate of drug-likeness (QED) is 0.738. The van der Waals surface area contributed by atoms with Crippen LogP contribution in [0.4, 0.5) is 5.00 Å². The number of rotatable bonds is 4. The third-order valence-electron chi connectivity index (χ3n) is 4.20. The predicted octanol–water partition coefficient (Wildman–Crippen LogP) is 3.70. The van der Waals surface area contributed by atoms with Gasteiger partial charge in [0.1, 0.15) is 13.2 Å². The molecule has 3 aromatic rings. The molecule has 1 aromatic heterocycles. The van der Waals surface area contributed by atoms with E-state index in [-0.39, 0.29) is 5.91 Å².